The maximum Gasteiger partial charge on any atom is 0.107 e. The average Bonchev–Trinajstić information content (AvgIpc) is 2.31. The van der Waals surface area contributed by atoms with E-state index in [-0.39, 0.29) is 0 Å². The van der Waals surface area contributed by atoms with E-state index in [1.165, 1.54) is 0 Å². The van der Waals surface area contributed by atoms with Crippen LogP contribution >= 0.6 is 61.7 Å². The molecule has 0 saturated heterocycles. The van der Waals surface area contributed by atoms with Gasteiger partial charge in [0.05, 0.1) is 0 Å². The Hall–Kier alpha value is 0.190. The van der Waals surface area contributed by atoms with Gasteiger partial charge in [-0.25, -0.2) is 0 Å². The van der Waals surface area contributed by atoms with Gasteiger partial charge in [-0.05, 0) is 52.9 Å². The summed E-state index contributed by atoms with van der Waals surface area (Å²) < 4.78 is 1.90. The molecule has 1 nitrogen and oxygen atoms in total. The minimum atomic E-state index is -0.779. The fraction of sp³-hybridized carbons (Fsp3) is 0.0769. The van der Waals surface area contributed by atoms with Crippen LogP contribution in [0.3, 0.4) is 0 Å². The molecular weight excluding hydrogens is 450 g/mol. The van der Waals surface area contributed by atoms with Crippen molar-refractivity contribution in [3.8, 4) is 0 Å². The van der Waals surface area contributed by atoms with Gasteiger partial charge in [-0.2, -0.15) is 0 Å². The Morgan fingerprint density at radius 2 is 1.78 bits per heavy atom. The monoisotopic (exact) mass is 456 g/mol. The van der Waals surface area contributed by atoms with Crippen LogP contribution in [0.15, 0.2) is 40.9 Å². The summed E-state index contributed by atoms with van der Waals surface area (Å²) in [5.41, 5.74) is 1.43. The Morgan fingerprint density at radius 1 is 1.06 bits per heavy atom. The molecule has 5 heteroatoms. The van der Waals surface area contributed by atoms with Gasteiger partial charge in [0.1, 0.15) is 6.10 Å². The molecule has 1 N–H and O–H groups in total. The number of benzene rings is 2. The van der Waals surface area contributed by atoms with E-state index in [0.717, 1.165) is 13.6 Å². The number of aliphatic hydroxyl groups excluding tert-OH is 1. The Labute approximate surface area is 137 Å². The van der Waals surface area contributed by atoms with Crippen LogP contribution in [0.25, 0.3) is 0 Å². The van der Waals surface area contributed by atoms with E-state index < -0.39 is 6.10 Å². The van der Waals surface area contributed by atoms with Crippen molar-refractivity contribution >= 4 is 61.7 Å². The Balaban J connectivity index is 2.47. The van der Waals surface area contributed by atoms with Gasteiger partial charge in [-0.15, -0.1) is 0 Å². The number of halogens is 4. The number of hydrogen-bond acceptors (Lipinski definition) is 1. The Morgan fingerprint density at radius 3 is 2.44 bits per heavy atom. The first kappa shape index (κ1) is 14.6. The molecule has 2 rings (SSSR count). The molecule has 2 aromatic rings. The van der Waals surface area contributed by atoms with E-state index in [9.17, 15) is 5.11 Å². The summed E-state index contributed by atoms with van der Waals surface area (Å²) in [4.78, 5) is 0. The highest BCUT2D eigenvalue weighted by Gasteiger charge is 2.17. The van der Waals surface area contributed by atoms with Gasteiger partial charge in [0.15, 0.2) is 0 Å². The van der Waals surface area contributed by atoms with Crippen molar-refractivity contribution in [2.75, 3.05) is 0 Å². The van der Waals surface area contributed by atoms with Crippen LogP contribution in [0.4, 0.5) is 0 Å². The van der Waals surface area contributed by atoms with E-state index in [0.29, 0.717) is 15.6 Å². The van der Waals surface area contributed by atoms with Crippen molar-refractivity contribution in [1.29, 1.82) is 0 Å². The highest BCUT2D eigenvalue weighted by atomic mass is 127. The number of aliphatic hydroxyl groups is 1. The zero-order valence-electron chi connectivity index (χ0n) is 9.00. The zero-order chi connectivity index (χ0) is 13.3. The molecular formula is C13H8BrCl2IO. The third-order valence-electron chi connectivity index (χ3n) is 2.51. The molecule has 18 heavy (non-hydrogen) atoms. The minimum absolute atomic E-state index is 0.459. The van der Waals surface area contributed by atoms with Crippen LogP contribution in [0.2, 0.25) is 10.0 Å². The summed E-state index contributed by atoms with van der Waals surface area (Å²) in [6.45, 7) is 0. The van der Waals surface area contributed by atoms with Crippen molar-refractivity contribution in [2.45, 2.75) is 6.10 Å². The topological polar surface area (TPSA) is 20.2 Å². The highest BCUT2D eigenvalue weighted by Crippen LogP contribution is 2.34. The van der Waals surface area contributed by atoms with Crippen LogP contribution in [0, 0.1) is 3.57 Å². The lowest BCUT2D eigenvalue weighted by Crippen LogP contribution is -2.02. The SMILES string of the molecule is OC(c1ccc(Cl)cc1Cl)c1cc(I)ccc1Br. The first-order valence-corrected chi connectivity index (χ1v) is 7.70. The van der Waals surface area contributed by atoms with E-state index >= 15 is 0 Å². The van der Waals surface area contributed by atoms with Gasteiger partial charge >= 0.3 is 0 Å². The molecule has 0 aromatic heterocycles. The van der Waals surface area contributed by atoms with Gasteiger partial charge in [-0.1, -0.05) is 45.2 Å². The minimum Gasteiger partial charge on any atom is -0.384 e. The van der Waals surface area contributed by atoms with Crippen molar-refractivity contribution in [3.63, 3.8) is 0 Å². The maximum absolute atomic E-state index is 10.4. The largest absolute Gasteiger partial charge is 0.384 e. The third kappa shape index (κ3) is 3.20. The summed E-state index contributed by atoms with van der Waals surface area (Å²) in [6.07, 6.45) is -0.779. The summed E-state index contributed by atoms with van der Waals surface area (Å²) in [6, 6.07) is 10.9. The molecule has 0 saturated carbocycles. The summed E-state index contributed by atoms with van der Waals surface area (Å²) >= 11 is 17.6. The molecule has 0 amide bonds. The van der Waals surface area contributed by atoms with Crippen LogP contribution < -0.4 is 0 Å². The van der Waals surface area contributed by atoms with Gasteiger partial charge < -0.3 is 5.11 Å². The fourth-order valence-electron chi connectivity index (χ4n) is 1.61. The second-order valence-corrected chi connectivity index (χ2v) is 6.68. The van der Waals surface area contributed by atoms with E-state index in [2.05, 4.69) is 38.5 Å². The van der Waals surface area contributed by atoms with Crippen LogP contribution in [-0.4, -0.2) is 5.11 Å². The molecule has 94 valence electrons. The first-order valence-electron chi connectivity index (χ1n) is 5.07. The summed E-state index contributed by atoms with van der Waals surface area (Å²) in [5.74, 6) is 0. The third-order valence-corrected chi connectivity index (χ3v) is 4.47. The van der Waals surface area contributed by atoms with Crippen molar-refractivity contribution < 1.29 is 5.11 Å². The molecule has 2 aromatic carbocycles. The van der Waals surface area contributed by atoms with Gasteiger partial charge in [0.2, 0.25) is 0 Å². The lowest BCUT2D eigenvalue weighted by atomic mass is 10.0. The molecule has 1 atom stereocenters. The molecule has 0 fully saturated rings. The fourth-order valence-corrected chi connectivity index (χ4v) is 3.11. The lowest BCUT2D eigenvalue weighted by molar-refractivity contribution is 0.219. The molecule has 0 spiro atoms. The second kappa shape index (κ2) is 6.09. The second-order valence-electron chi connectivity index (χ2n) is 3.73. The van der Waals surface area contributed by atoms with Gasteiger partial charge in [-0.3, -0.25) is 0 Å². The smallest absolute Gasteiger partial charge is 0.107 e. The van der Waals surface area contributed by atoms with Gasteiger partial charge in [0, 0.05) is 29.2 Å². The van der Waals surface area contributed by atoms with E-state index in [1.54, 1.807) is 18.2 Å². The quantitative estimate of drug-likeness (QED) is 0.595. The van der Waals surface area contributed by atoms with Crippen molar-refractivity contribution in [3.05, 3.63) is 65.6 Å². The van der Waals surface area contributed by atoms with Gasteiger partial charge in [0.25, 0.3) is 0 Å². The van der Waals surface area contributed by atoms with E-state index in [1.807, 2.05) is 18.2 Å². The molecule has 0 bridgehead atoms. The number of rotatable bonds is 2. The molecule has 0 aliphatic rings. The van der Waals surface area contributed by atoms with E-state index in [4.69, 9.17) is 23.2 Å². The summed E-state index contributed by atoms with van der Waals surface area (Å²) in [5, 5.41) is 11.4. The van der Waals surface area contributed by atoms with Crippen LogP contribution in [0.5, 0.6) is 0 Å². The van der Waals surface area contributed by atoms with Crippen LogP contribution in [-0.2, 0) is 0 Å². The average molecular weight is 458 g/mol. The maximum atomic E-state index is 10.4. The molecule has 0 radical (unpaired) electrons. The predicted octanol–water partition coefficient (Wildman–Crippen LogP) is 5.44. The summed E-state index contributed by atoms with van der Waals surface area (Å²) in [7, 11) is 0. The zero-order valence-corrected chi connectivity index (χ0v) is 14.3. The normalized spacial score (nSPS) is 12.5. The molecule has 0 aliphatic carbocycles. The predicted molar refractivity (Wildman–Crippen MR) is 87.4 cm³/mol. The standard InChI is InChI=1S/C13H8BrCl2IO/c14-11-4-2-8(17)6-10(11)13(18)9-3-1-7(15)5-12(9)16/h1-6,13,18H. The molecule has 0 heterocycles. The van der Waals surface area contributed by atoms with Crippen molar-refractivity contribution in [2.24, 2.45) is 0 Å². The van der Waals surface area contributed by atoms with Crippen molar-refractivity contribution in [1.82, 2.24) is 0 Å². The highest BCUT2D eigenvalue weighted by molar-refractivity contribution is 14.1. The molecule has 0 aliphatic heterocycles. The first-order chi connectivity index (χ1) is 8.49. The van der Waals surface area contributed by atoms with Crippen LogP contribution in [0.1, 0.15) is 17.2 Å². The molecule has 1 unspecified atom stereocenters. The lowest BCUT2D eigenvalue weighted by Gasteiger charge is -2.15. The Kier molecular flexibility index (Phi) is 4.94. The number of hydrogen-bond donors (Lipinski definition) is 1. The Bertz CT molecular complexity index is 589.